The molecule has 6 heteroatoms. The van der Waals surface area contributed by atoms with Crippen molar-refractivity contribution in [1.82, 2.24) is 9.55 Å². The van der Waals surface area contributed by atoms with Crippen LogP contribution < -0.4 is 0 Å². The number of nitrogens with zero attached hydrogens (tertiary/aromatic N) is 2. The molecule has 0 aliphatic rings. The van der Waals surface area contributed by atoms with Crippen LogP contribution in [0, 0.1) is 5.82 Å². The van der Waals surface area contributed by atoms with Crippen LogP contribution in [0.5, 0.6) is 0 Å². The van der Waals surface area contributed by atoms with Gasteiger partial charge in [0, 0.05) is 13.1 Å². The average molecular weight is 254 g/mol. The van der Waals surface area contributed by atoms with E-state index >= 15 is 0 Å². The van der Waals surface area contributed by atoms with Gasteiger partial charge < -0.3 is 9.67 Å². The van der Waals surface area contributed by atoms with Crippen LogP contribution in [0.3, 0.4) is 0 Å². The fraction of sp³-hybridized carbons (Fsp3) is 0.273. The Labute approximate surface area is 101 Å². The Morgan fingerprint density at radius 3 is 2.94 bits per heavy atom. The molecule has 2 rings (SSSR count). The van der Waals surface area contributed by atoms with E-state index in [2.05, 4.69) is 4.98 Å². The minimum atomic E-state index is -0.895. The Kier molecular flexibility index (Phi) is 3.06. The second kappa shape index (κ2) is 4.37. The molecule has 1 aromatic carbocycles. The van der Waals surface area contributed by atoms with Gasteiger partial charge in [-0.25, -0.2) is 9.37 Å². The van der Waals surface area contributed by atoms with Crippen LogP contribution in [-0.4, -0.2) is 25.9 Å². The van der Waals surface area contributed by atoms with Gasteiger partial charge in [0.1, 0.15) is 11.1 Å². The number of carboxylic acid groups (broad SMARTS) is 1. The number of carboxylic acids is 1. The summed E-state index contributed by atoms with van der Waals surface area (Å²) in [5, 5.41) is 8.82. The molecular weight excluding hydrogens is 243 g/mol. The number of halogens is 1. The third-order valence-electron chi connectivity index (χ3n) is 2.43. The molecular formula is C11H11FN2O2S. The summed E-state index contributed by atoms with van der Waals surface area (Å²) in [6.45, 7) is 1.59. The quantitative estimate of drug-likeness (QED) is 0.854. The normalized spacial score (nSPS) is 12.9. The fourth-order valence-electron chi connectivity index (χ4n) is 1.46. The molecule has 0 aliphatic carbocycles. The van der Waals surface area contributed by atoms with E-state index in [1.54, 1.807) is 24.6 Å². The van der Waals surface area contributed by atoms with Gasteiger partial charge in [-0.3, -0.25) is 4.79 Å². The number of hydrogen-bond acceptors (Lipinski definition) is 3. The third-order valence-corrected chi connectivity index (χ3v) is 3.56. The van der Waals surface area contributed by atoms with Crippen LogP contribution in [0.25, 0.3) is 11.0 Å². The lowest BCUT2D eigenvalue weighted by molar-refractivity contribution is -0.136. The van der Waals surface area contributed by atoms with Crippen molar-refractivity contribution in [3.8, 4) is 0 Å². The molecule has 0 spiro atoms. The summed E-state index contributed by atoms with van der Waals surface area (Å²) < 4.78 is 14.8. The van der Waals surface area contributed by atoms with Gasteiger partial charge in [-0.15, -0.1) is 0 Å². The maximum atomic E-state index is 13.0. The van der Waals surface area contributed by atoms with Gasteiger partial charge in [0.2, 0.25) is 0 Å². The van der Waals surface area contributed by atoms with E-state index in [9.17, 15) is 9.18 Å². The van der Waals surface area contributed by atoms with Crippen molar-refractivity contribution in [2.45, 2.75) is 17.3 Å². The zero-order valence-electron chi connectivity index (χ0n) is 9.35. The van der Waals surface area contributed by atoms with E-state index in [1.165, 1.54) is 12.1 Å². The van der Waals surface area contributed by atoms with Gasteiger partial charge in [0.05, 0.1) is 11.0 Å². The predicted octanol–water partition coefficient (Wildman–Crippen LogP) is 2.28. The number of imidazole rings is 1. The van der Waals surface area contributed by atoms with E-state index in [-0.39, 0.29) is 5.82 Å². The molecule has 1 N–H and O–H groups in total. The Morgan fingerprint density at radius 1 is 1.59 bits per heavy atom. The van der Waals surface area contributed by atoms with Crippen LogP contribution in [0.15, 0.2) is 23.4 Å². The summed E-state index contributed by atoms with van der Waals surface area (Å²) in [5.74, 6) is -1.24. The van der Waals surface area contributed by atoms with Crippen LogP contribution in [-0.2, 0) is 11.8 Å². The van der Waals surface area contributed by atoms with Gasteiger partial charge in [0.15, 0.2) is 5.16 Å². The van der Waals surface area contributed by atoms with Crippen LogP contribution >= 0.6 is 11.8 Å². The van der Waals surface area contributed by atoms with Crippen LogP contribution in [0.4, 0.5) is 4.39 Å². The lowest BCUT2D eigenvalue weighted by Gasteiger charge is -2.05. The Morgan fingerprint density at radius 2 is 2.29 bits per heavy atom. The molecule has 0 saturated carbocycles. The molecule has 1 heterocycles. The molecule has 0 fully saturated rings. The molecule has 90 valence electrons. The first-order valence-electron chi connectivity index (χ1n) is 5.00. The maximum absolute atomic E-state index is 13.0. The maximum Gasteiger partial charge on any atom is 0.316 e. The van der Waals surface area contributed by atoms with E-state index in [1.807, 2.05) is 0 Å². The number of hydrogen-bond donors (Lipinski definition) is 1. The minimum Gasteiger partial charge on any atom is -0.480 e. The zero-order valence-corrected chi connectivity index (χ0v) is 10.2. The number of carbonyl (C=O) groups is 1. The van der Waals surface area contributed by atoms with E-state index in [0.29, 0.717) is 10.7 Å². The first-order valence-corrected chi connectivity index (χ1v) is 5.88. The first kappa shape index (κ1) is 11.9. The minimum absolute atomic E-state index is 0.349. The Bertz CT molecular complexity index is 582. The van der Waals surface area contributed by atoms with Gasteiger partial charge in [0.25, 0.3) is 0 Å². The van der Waals surface area contributed by atoms with E-state index in [4.69, 9.17) is 5.11 Å². The van der Waals surface area contributed by atoms with Crippen LogP contribution in [0.2, 0.25) is 0 Å². The number of rotatable bonds is 3. The number of thioether (sulfide) groups is 1. The fourth-order valence-corrected chi connectivity index (χ4v) is 2.29. The van der Waals surface area contributed by atoms with Crippen molar-refractivity contribution < 1.29 is 14.3 Å². The summed E-state index contributed by atoms with van der Waals surface area (Å²) in [4.78, 5) is 15.0. The monoisotopic (exact) mass is 254 g/mol. The van der Waals surface area contributed by atoms with Gasteiger partial charge in [-0.2, -0.15) is 0 Å². The molecule has 1 unspecified atom stereocenters. The summed E-state index contributed by atoms with van der Waals surface area (Å²) >= 11 is 1.14. The highest BCUT2D eigenvalue weighted by Crippen LogP contribution is 2.26. The lowest BCUT2D eigenvalue weighted by Crippen LogP contribution is -2.12. The Balaban J connectivity index is 2.42. The summed E-state index contributed by atoms with van der Waals surface area (Å²) in [5.41, 5.74) is 1.32. The molecule has 0 bridgehead atoms. The summed E-state index contributed by atoms with van der Waals surface area (Å²) in [6, 6.07) is 4.33. The molecule has 0 amide bonds. The molecule has 0 radical (unpaired) electrons. The smallest absolute Gasteiger partial charge is 0.316 e. The number of aromatic nitrogens is 2. The second-order valence-corrected chi connectivity index (χ2v) is 4.99. The first-order chi connectivity index (χ1) is 7.99. The standard InChI is InChI=1S/C11H11FN2O2S/c1-6(10(15)16)17-11-13-8-5-7(12)3-4-9(8)14(11)2/h3-6H,1-2H3,(H,15,16). The van der Waals surface area contributed by atoms with Gasteiger partial charge in [-0.05, 0) is 19.1 Å². The van der Waals surface area contributed by atoms with Gasteiger partial charge in [-0.1, -0.05) is 11.8 Å². The van der Waals surface area contributed by atoms with E-state index < -0.39 is 11.2 Å². The van der Waals surface area contributed by atoms with E-state index in [0.717, 1.165) is 17.3 Å². The highest BCUT2D eigenvalue weighted by molar-refractivity contribution is 8.00. The second-order valence-electron chi connectivity index (χ2n) is 3.68. The highest BCUT2D eigenvalue weighted by atomic mass is 32.2. The molecule has 17 heavy (non-hydrogen) atoms. The number of fused-ring (bicyclic) bond motifs is 1. The molecule has 4 nitrogen and oxygen atoms in total. The highest BCUT2D eigenvalue weighted by Gasteiger charge is 2.17. The van der Waals surface area contributed by atoms with Crippen molar-refractivity contribution in [2.75, 3.05) is 0 Å². The number of aryl methyl sites for hydroxylation is 1. The lowest BCUT2D eigenvalue weighted by atomic mass is 10.3. The zero-order chi connectivity index (χ0) is 12.6. The topological polar surface area (TPSA) is 55.1 Å². The third kappa shape index (κ3) is 2.26. The predicted molar refractivity (Wildman–Crippen MR) is 63.6 cm³/mol. The molecule has 0 aliphatic heterocycles. The molecule has 1 atom stereocenters. The molecule has 0 saturated heterocycles. The SMILES string of the molecule is CC(Sc1nc2cc(F)ccc2n1C)C(=O)O. The van der Waals surface area contributed by atoms with Crippen molar-refractivity contribution >= 4 is 28.8 Å². The van der Waals surface area contributed by atoms with Gasteiger partial charge >= 0.3 is 5.97 Å². The number of benzene rings is 1. The van der Waals surface area contributed by atoms with Crippen LogP contribution in [0.1, 0.15) is 6.92 Å². The largest absolute Gasteiger partial charge is 0.480 e. The van der Waals surface area contributed by atoms with Crippen molar-refractivity contribution in [1.29, 1.82) is 0 Å². The van der Waals surface area contributed by atoms with Crippen molar-refractivity contribution in [3.63, 3.8) is 0 Å². The molecule has 2 aromatic rings. The summed E-state index contributed by atoms with van der Waals surface area (Å²) in [6.07, 6.45) is 0. The molecule has 1 aromatic heterocycles. The summed E-state index contributed by atoms with van der Waals surface area (Å²) in [7, 11) is 1.78. The average Bonchev–Trinajstić information content (AvgIpc) is 2.55. The Hall–Kier alpha value is -1.56. The number of aliphatic carboxylic acids is 1. The van der Waals surface area contributed by atoms with Crippen molar-refractivity contribution in [2.24, 2.45) is 7.05 Å². The van der Waals surface area contributed by atoms with Crippen molar-refractivity contribution in [3.05, 3.63) is 24.0 Å².